The van der Waals surface area contributed by atoms with E-state index < -0.39 is 0 Å². The van der Waals surface area contributed by atoms with E-state index >= 15 is 0 Å². The first-order valence-electron chi connectivity index (χ1n) is 5.23. The molecule has 0 spiro atoms. The number of nitrogens with one attached hydrogen (secondary N) is 1. The molecule has 1 rings (SSSR count). The van der Waals surface area contributed by atoms with Crippen molar-refractivity contribution in [2.75, 3.05) is 19.8 Å². The Morgan fingerprint density at radius 3 is 3.00 bits per heavy atom. The van der Waals surface area contributed by atoms with Crippen molar-refractivity contribution in [3.8, 4) is 0 Å². The zero-order valence-corrected chi connectivity index (χ0v) is 9.12. The third-order valence-electron chi connectivity index (χ3n) is 2.20. The second kappa shape index (κ2) is 6.62. The molecule has 1 aromatic heterocycles. The van der Waals surface area contributed by atoms with Gasteiger partial charge in [-0.3, -0.25) is 0 Å². The normalized spacial score (nSPS) is 10.7. The summed E-state index contributed by atoms with van der Waals surface area (Å²) in [6.45, 7) is 5.66. The lowest BCUT2D eigenvalue weighted by atomic mass is 10.4. The Labute approximate surface area is 86.1 Å². The van der Waals surface area contributed by atoms with E-state index in [1.54, 1.807) is 0 Å². The van der Waals surface area contributed by atoms with Crippen LogP contribution in [0.1, 0.15) is 19.0 Å². The molecule has 1 N–H and O–H groups in total. The Morgan fingerprint density at radius 2 is 2.36 bits per heavy atom. The highest BCUT2D eigenvalue weighted by Gasteiger charge is 1.95. The van der Waals surface area contributed by atoms with Gasteiger partial charge in [-0.05, 0) is 32.0 Å². The number of ether oxygens (including phenoxy) is 1. The highest BCUT2D eigenvalue weighted by atomic mass is 16.5. The summed E-state index contributed by atoms with van der Waals surface area (Å²) < 4.78 is 7.38. The Hall–Kier alpha value is -0.800. The Kier molecular flexibility index (Phi) is 5.33. The van der Waals surface area contributed by atoms with E-state index in [-0.39, 0.29) is 0 Å². The maximum absolute atomic E-state index is 5.25. The average molecular weight is 196 g/mol. The number of nitrogens with zero attached hydrogens (tertiary/aromatic N) is 1. The molecule has 0 aliphatic heterocycles. The highest BCUT2D eigenvalue weighted by molar-refractivity contribution is 5.05. The molecule has 0 bridgehead atoms. The van der Waals surface area contributed by atoms with E-state index in [9.17, 15) is 0 Å². The van der Waals surface area contributed by atoms with Gasteiger partial charge in [0.05, 0.1) is 0 Å². The van der Waals surface area contributed by atoms with Crippen molar-refractivity contribution in [1.29, 1.82) is 0 Å². The van der Waals surface area contributed by atoms with Gasteiger partial charge in [-0.15, -0.1) is 0 Å². The van der Waals surface area contributed by atoms with Crippen molar-refractivity contribution >= 4 is 0 Å². The van der Waals surface area contributed by atoms with Crippen molar-refractivity contribution in [2.24, 2.45) is 7.05 Å². The van der Waals surface area contributed by atoms with Gasteiger partial charge >= 0.3 is 0 Å². The molecule has 0 amide bonds. The van der Waals surface area contributed by atoms with E-state index in [0.717, 1.165) is 32.7 Å². The van der Waals surface area contributed by atoms with Crippen LogP contribution in [0.5, 0.6) is 0 Å². The van der Waals surface area contributed by atoms with Crippen LogP contribution in [0.3, 0.4) is 0 Å². The monoisotopic (exact) mass is 196 g/mol. The van der Waals surface area contributed by atoms with Crippen LogP contribution in [0.25, 0.3) is 0 Å². The lowest BCUT2D eigenvalue weighted by Crippen LogP contribution is -2.17. The van der Waals surface area contributed by atoms with Crippen LogP contribution >= 0.6 is 0 Å². The molecule has 0 atom stereocenters. The van der Waals surface area contributed by atoms with E-state index in [4.69, 9.17) is 4.74 Å². The molecule has 0 fully saturated rings. The molecule has 80 valence electrons. The van der Waals surface area contributed by atoms with Crippen molar-refractivity contribution in [3.05, 3.63) is 24.0 Å². The molecular formula is C11H20N2O. The summed E-state index contributed by atoms with van der Waals surface area (Å²) in [5.74, 6) is 0. The van der Waals surface area contributed by atoms with Crippen LogP contribution in [0, 0.1) is 0 Å². The standard InChI is InChI=1S/C11H20N2O/c1-3-14-9-5-7-12-10-11-6-4-8-13(11)2/h4,6,8,12H,3,5,7,9-10H2,1-2H3. The van der Waals surface area contributed by atoms with Gasteiger partial charge in [0.25, 0.3) is 0 Å². The lowest BCUT2D eigenvalue weighted by molar-refractivity contribution is 0.144. The molecule has 0 radical (unpaired) electrons. The second-order valence-corrected chi connectivity index (χ2v) is 3.34. The van der Waals surface area contributed by atoms with Crippen LogP contribution in [-0.2, 0) is 18.3 Å². The molecule has 14 heavy (non-hydrogen) atoms. The lowest BCUT2D eigenvalue weighted by Gasteiger charge is -2.05. The minimum absolute atomic E-state index is 0.817. The first-order valence-corrected chi connectivity index (χ1v) is 5.23. The molecular weight excluding hydrogens is 176 g/mol. The Balaban J connectivity index is 2.02. The molecule has 3 heteroatoms. The summed E-state index contributed by atoms with van der Waals surface area (Å²) in [5.41, 5.74) is 1.32. The molecule has 0 aliphatic rings. The van der Waals surface area contributed by atoms with E-state index in [1.165, 1.54) is 5.69 Å². The fourth-order valence-corrected chi connectivity index (χ4v) is 1.34. The van der Waals surface area contributed by atoms with Gasteiger partial charge in [0.15, 0.2) is 0 Å². The van der Waals surface area contributed by atoms with E-state index in [0.29, 0.717) is 0 Å². The minimum atomic E-state index is 0.817. The van der Waals surface area contributed by atoms with Crippen molar-refractivity contribution in [2.45, 2.75) is 19.9 Å². The number of hydrogen-bond donors (Lipinski definition) is 1. The van der Waals surface area contributed by atoms with Crippen LogP contribution < -0.4 is 5.32 Å². The smallest absolute Gasteiger partial charge is 0.0477 e. The molecule has 1 aromatic rings. The first-order chi connectivity index (χ1) is 6.84. The van der Waals surface area contributed by atoms with Crippen LogP contribution in [-0.4, -0.2) is 24.3 Å². The topological polar surface area (TPSA) is 26.2 Å². The van der Waals surface area contributed by atoms with E-state index in [1.807, 2.05) is 6.92 Å². The van der Waals surface area contributed by atoms with Gasteiger partial charge in [-0.1, -0.05) is 0 Å². The van der Waals surface area contributed by atoms with Crippen molar-refractivity contribution in [1.82, 2.24) is 9.88 Å². The van der Waals surface area contributed by atoms with Crippen LogP contribution in [0.15, 0.2) is 18.3 Å². The maximum atomic E-state index is 5.25. The summed E-state index contributed by atoms with van der Waals surface area (Å²) in [6.07, 6.45) is 3.15. The quantitative estimate of drug-likeness (QED) is 0.669. The van der Waals surface area contributed by atoms with Crippen LogP contribution in [0.2, 0.25) is 0 Å². The second-order valence-electron chi connectivity index (χ2n) is 3.34. The minimum Gasteiger partial charge on any atom is -0.382 e. The van der Waals surface area contributed by atoms with Gasteiger partial charge in [-0.2, -0.15) is 0 Å². The van der Waals surface area contributed by atoms with Gasteiger partial charge < -0.3 is 14.6 Å². The molecule has 1 heterocycles. The van der Waals surface area contributed by atoms with Gasteiger partial charge in [0.2, 0.25) is 0 Å². The fourth-order valence-electron chi connectivity index (χ4n) is 1.34. The number of aromatic nitrogens is 1. The Bertz CT molecular complexity index is 245. The summed E-state index contributed by atoms with van der Waals surface area (Å²) in [7, 11) is 2.07. The van der Waals surface area contributed by atoms with Crippen LogP contribution in [0.4, 0.5) is 0 Å². The summed E-state index contributed by atoms with van der Waals surface area (Å²) >= 11 is 0. The van der Waals surface area contributed by atoms with Gasteiger partial charge in [0, 0.05) is 38.7 Å². The molecule has 3 nitrogen and oxygen atoms in total. The zero-order chi connectivity index (χ0) is 10.2. The van der Waals surface area contributed by atoms with E-state index in [2.05, 4.69) is 35.3 Å². The van der Waals surface area contributed by atoms with Gasteiger partial charge in [0.1, 0.15) is 0 Å². The molecule has 0 saturated heterocycles. The third kappa shape index (κ3) is 3.94. The predicted molar refractivity (Wildman–Crippen MR) is 58.2 cm³/mol. The predicted octanol–water partition coefficient (Wildman–Crippen LogP) is 1.54. The van der Waals surface area contributed by atoms with Gasteiger partial charge in [-0.25, -0.2) is 0 Å². The highest BCUT2D eigenvalue weighted by Crippen LogP contribution is 1.98. The van der Waals surface area contributed by atoms with Crippen molar-refractivity contribution < 1.29 is 4.74 Å². The third-order valence-corrected chi connectivity index (χ3v) is 2.20. The largest absolute Gasteiger partial charge is 0.382 e. The summed E-state index contributed by atoms with van der Waals surface area (Å²) in [4.78, 5) is 0. The number of hydrogen-bond acceptors (Lipinski definition) is 2. The molecule has 0 aromatic carbocycles. The summed E-state index contributed by atoms with van der Waals surface area (Å²) in [6, 6.07) is 4.20. The Morgan fingerprint density at radius 1 is 1.50 bits per heavy atom. The molecule has 0 aliphatic carbocycles. The molecule has 0 saturated carbocycles. The number of aryl methyl sites for hydroxylation is 1. The molecule has 0 unspecified atom stereocenters. The zero-order valence-electron chi connectivity index (χ0n) is 9.12. The number of rotatable bonds is 7. The fraction of sp³-hybridized carbons (Fsp3) is 0.636. The van der Waals surface area contributed by atoms with Crippen molar-refractivity contribution in [3.63, 3.8) is 0 Å². The maximum Gasteiger partial charge on any atom is 0.0477 e. The first kappa shape index (κ1) is 11.3. The average Bonchev–Trinajstić information content (AvgIpc) is 2.58. The summed E-state index contributed by atoms with van der Waals surface area (Å²) in [5, 5.41) is 3.39. The SMILES string of the molecule is CCOCCCNCc1cccn1C.